The Morgan fingerprint density at radius 1 is 1.18 bits per heavy atom. The zero-order chi connectivity index (χ0) is 15.9. The number of imidazole rings is 1. The Labute approximate surface area is 124 Å². The lowest BCUT2D eigenvalue weighted by molar-refractivity contribution is 0.102. The monoisotopic (exact) mass is 301 g/mol. The average Bonchev–Trinajstić information content (AvgIpc) is 2.73. The van der Waals surface area contributed by atoms with E-state index in [2.05, 4.69) is 10.3 Å². The van der Waals surface area contributed by atoms with Crippen LogP contribution in [0.25, 0.3) is 11.0 Å². The summed E-state index contributed by atoms with van der Waals surface area (Å²) in [5.74, 6) is -1.19. The van der Waals surface area contributed by atoms with Crippen LogP contribution in [0.3, 0.4) is 0 Å². The highest BCUT2D eigenvalue weighted by atomic mass is 19.1. The summed E-state index contributed by atoms with van der Waals surface area (Å²) in [6, 6.07) is 7.70. The Morgan fingerprint density at radius 2 is 1.86 bits per heavy atom. The van der Waals surface area contributed by atoms with E-state index in [0.29, 0.717) is 11.0 Å². The lowest BCUT2D eigenvalue weighted by Gasteiger charge is -2.06. The van der Waals surface area contributed by atoms with Gasteiger partial charge in [-0.3, -0.25) is 10.1 Å². The third-order valence-electron chi connectivity index (χ3n) is 3.23. The molecule has 1 aromatic heterocycles. The van der Waals surface area contributed by atoms with Crippen molar-refractivity contribution < 1.29 is 19.4 Å². The molecule has 3 aromatic rings. The van der Waals surface area contributed by atoms with Crippen LogP contribution in [0, 0.1) is 5.82 Å². The summed E-state index contributed by atoms with van der Waals surface area (Å²) in [7, 11) is 1.68. The van der Waals surface area contributed by atoms with E-state index in [1.165, 1.54) is 24.3 Å². The molecule has 0 unspecified atom stereocenters. The minimum atomic E-state index is -0.551. The maximum absolute atomic E-state index is 13.2. The van der Waals surface area contributed by atoms with Crippen LogP contribution in [-0.4, -0.2) is 25.7 Å². The van der Waals surface area contributed by atoms with Crippen LogP contribution in [0.4, 0.5) is 10.3 Å². The third kappa shape index (κ3) is 2.44. The minimum absolute atomic E-state index is 0.0794. The van der Waals surface area contributed by atoms with E-state index < -0.39 is 11.7 Å². The van der Waals surface area contributed by atoms with Crippen molar-refractivity contribution in [3.8, 4) is 11.5 Å². The lowest BCUT2D eigenvalue weighted by atomic mass is 10.2. The summed E-state index contributed by atoms with van der Waals surface area (Å²) >= 11 is 0. The Balaban J connectivity index is 1.95. The summed E-state index contributed by atoms with van der Waals surface area (Å²) < 4.78 is 14.8. The van der Waals surface area contributed by atoms with Crippen LogP contribution < -0.4 is 5.32 Å². The lowest BCUT2D eigenvalue weighted by Crippen LogP contribution is -2.14. The first-order valence-electron chi connectivity index (χ1n) is 6.40. The number of hydrogen-bond acceptors (Lipinski definition) is 4. The number of phenolic OH excluding ortho intramolecular Hbond substituents is 2. The maximum atomic E-state index is 13.2. The second kappa shape index (κ2) is 5.03. The molecule has 3 N–H and O–H groups in total. The van der Waals surface area contributed by atoms with Crippen LogP contribution in [-0.2, 0) is 7.05 Å². The minimum Gasteiger partial charge on any atom is -0.508 e. The van der Waals surface area contributed by atoms with Crippen molar-refractivity contribution in [3.63, 3.8) is 0 Å². The number of anilines is 1. The van der Waals surface area contributed by atoms with Gasteiger partial charge in [-0.1, -0.05) is 0 Å². The van der Waals surface area contributed by atoms with E-state index in [1.807, 2.05) is 0 Å². The number of rotatable bonds is 2. The Kier molecular flexibility index (Phi) is 3.17. The van der Waals surface area contributed by atoms with Gasteiger partial charge in [0, 0.05) is 24.7 Å². The zero-order valence-corrected chi connectivity index (χ0v) is 11.5. The number of aromatic hydroxyl groups is 2. The quantitative estimate of drug-likeness (QED) is 0.678. The van der Waals surface area contributed by atoms with Crippen molar-refractivity contribution in [2.24, 2.45) is 7.05 Å². The average molecular weight is 301 g/mol. The molecule has 1 heterocycles. The highest BCUT2D eigenvalue weighted by Crippen LogP contribution is 2.23. The van der Waals surface area contributed by atoms with Crippen LogP contribution in [0.5, 0.6) is 11.5 Å². The van der Waals surface area contributed by atoms with Crippen molar-refractivity contribution >= 4 is 22.9 Å². The molecule has 0 spiro atoms. The SMILES string of the molecule is Cn1c(NC(=O)c2cc(O)cc(O)c2)nc2cc(F)ccc21. The molecule has 22 heavy (non-hydrogen) atoms. The molecule has 0 aliphatic rings. The van der Waals surface area contributed by atoms with Gasteiger partial charge in [-0.15, -0.1) is 0 Å². The van der Waals surface area contributed by atoms with Crippen molar-refractivity contribution in [2.75, 3.05) is 5.32 Å². The van der Waals surface area contributed by atoms with Gasteiger partial charge in [0.05, 0.1) is 11.0 Å². The van der Waals surface area contributed by atoms with E-state index >= 15 is 0 Å². The fourth-order valence-corrected chi connectivity index (χ4v) is 2.18. The molecule has 0 saturated carbocycles. The van der Waals surface area contributed by atoms with Gasteiger partial charge >= 0.3 is 0 Å². The topological polar surface area (TPSA) is 87.4 Å². The molecular weight excluding hydrogens is 289 g/mol. The van der Waals surface area contributed by atoms with Crippen LogP contribution >= 0.6 is 0 Å². The summed E-state index contributed by atoms with van der Waals surface area (Å²) in [5, 5.41) is 21.4. The summed E-state index contributed by atoms with van der Waals surface area (Å²) in [6.07, 6.45) is 0. The number of hydrogen-bond donors (Lipinski definition) is 3. The summed E-state index contributed by atoms with van der Waals surface area (Å²) in [5.41, 5.74) is 1.16. The van der Waals surface area contributed by atoms with Crippen molar-refractivity contribution in [2.45, 2.75) is 0 Å². The molecule has 0 aliphatic heterocycles. The second-order valence-corrected chi connectivity index (χ2v) is 4.82. The largest absolute Gasteiger partial charge is 0.508 e. The van der Waals surface area contributed by atoms with E-state index in [-0.39, 0.29) is 23.0 Å². The number of phenols is 2. The second-order valence-electron chi connectivity index (χ2n) is 4.82. The van der Waals surface area contributed by atoms with Gasteiger partial charge in [-0.25, -0.2) is 9.37 Å². The molecule has 3 rings (SSSR count). The van der Waals surface area contributed by atoms with Crippen LogP contribution in [0.15, 0.2) is 36.4 Å². The molecule has 6 nitrogen and oxygen atoms in total. The molecule has 0 fully saturated rings. The molecule has 2 aromatic carbocycles. The fourth-order valence-electron chi connectivity index (χ4n) is 2.18. The fraction of sp³-hybridized carbons (Fsp3) is 0.0667. The standard InChI is InChI=1S/C15H12FN3O3/c1-19-13-3-2-9(16)6-12(13)17-15(19)18-14(22)8-4-10(20)7-11(21)5-8/h2-7,20-21H,1H3,(H,17,18,22). The first-order valence-corrected chi connectivity index (χ1v) is 6.40. The van der Waals surface area contributed by atoms with Gasteiger partial charge in [-0.05, 0) is 24.3 Å². The highest BCUT2D eigenvalue weighted by molar-refractivity contribution is 6.04. The Hall–Kier alpha value is -3.09. The predicted molar refractivity (Wildman–Crippen MR) is 78.4 cm³/mol. The molecule has 0 radical (unpaired) electrons. The van der Waals surface area contributed by atoms with Gasteiger partial charge in [0.15, 0.2) is 0 Å². The van der Waals surface area contributed by atoms with Crippen molar-refractivity contribution in [1.29, 1.82) is 0 Å². The van der Waals surface area contributed by atoms with Gasteiger partial charge < -0.3 is 14.8 Å². The first kappa shape index (κ1) is 13.9. The van der Waals surface area contributed by atoms with E-state index in [9.17, 15) is 19.4 Å². The molecule has 7 heteroatoms. The third-order valence-corrected chi connectivity index (χ3v) is 3.23. The van der Waals surface area contributed by atoms with Gasteiger partial charge in [-0.2, -0.15) is 0 Å². The number of carbonyl (C=O) groups excluding carboxylic acids is 1. The van der Waals surface area contributed by atoms with Crippen molar-refractivity contribution in [1.82, 2.24) is 9.55 Å². The molecule has 0 atom stereocenters. The van der Waals surface area contributed by atoms with Crippen LogP contribution in [0.2, 0.25) is 0 Å². The smallest absolute Gasteiger partial charge is 0.258 e. The Bertz CT molecular complexity index is 869. The number of nitrogens with zero attached hydrogens (tertiary/aromatic N) is 2. The van der Waals surface area contributed by atoms with E-state index in [0.717, 1.165) is 6.07 Å². The van der Waals surface area contributed by atoms with Gasteiger partial charge in [0.2, 0.25) is 5.95 Å². The summed E-state index contributed by atoms with van der Waals surface area (Å²) in [6.45, 7) is 0. The first-order chi connectivity index (χ1) is 10.4. The zero-order valence-electron chi connectivity index (χ0n) is 11.5. The predicted octanol–water partition coefficient (Wildman–Crippen LogP) is 2.38. The number of aromatic nitrogens is 2. The normalized spacial score (nSPS) is 10.8. The number of halogens is 1. The highest BCUT2D eigenvalue weighted by Gasteiger charge is 2.14. The van der Waals surface area contributed by atoms with E-state index in [1.54, 1.807) is 17.7 Å². The summed E-state index contributed by atoms with van der Waals surface area (Å²) in [4.78, 5) is 16.3. The van der Waals surface area contributed by atoms with Crippen molar-refractivity contribution in [3.05, 3.63) is 47.8 Å². The van der Waals surface area contributed by atoms with Gasteiger partial charge in [0.25, 0.3) is 5.91 Å². The van der Waals surface area contributed by atoms with Crippen LogP contribution in [0.1, 0.15) is 10.4 Å². The van der Waals surface area contributed by atoms with E-state index in [4.69, 9.17) is 0 Å². The van der Waals surface area contributed by atoms with Gasteiger partial charge in [0.1, 0.15) is 17.3 Å². The molecule has 0 saturated heterocycles. The number of aryl methyl sites for hydroxylation is 1. The molecule has 0 aliphatic carbocycles. The number of benzene rings is 2. The molecule has 112 valence electrons. The molecule has 0 bridgehead atoms. The number of fused-ring (bicyclic) bond motifs is 1. The molecular formula is C15H12FN3O3. The maximum Gasteiger partial charge on any atom is 0.258 e. The number of carbonyl (C=O) groups is 1. The number of amides is 1. The molecule has 1 amide bonds. The Morgan fingerprint density at radius 3 is 2.55 bits per heavy atom. The number of nitrogens with one attached hydrogen (secondary N) is 1.